The van der Waals surface area contributed by atoms with E-state index in [0.29, 0.717) is 15.7 Å². The number of amides is 3. The summed E-state index contributed by atoms with van der Waals surface area (Å²) in [5, 5.41) is 20.5. The molecule has 2 aliphatic heterocycles. The number of aryl methyl sites for hydroxylation is 1. The van der Waals surface area contributed by atoms with Gasteiger partial charge in [-0.3, -0.25) is 19.8 Å². The number of rotatable bonds is 17. The van der Waals surface area contributed by atoms with Gasteiger partial charge in [0.1, 0.15) is 33.4 Å². The molecule has 1 saturated heterocycles. The van der Waals surface area contributed by atoms with Crippen LogP contribution in [0.15, 0.2) is 184 Å². The van der Waals surface area contributed by atoms with E-state index in [-0.39, 0.29) is 22.2 Å². The van der Waals surface area contributed by atoms with Crippen LogP contribution in [0.5, 0.6) is 0 Å². The fourth-order valence-electron chi connectivity index (χ4n) is 8.05. The predicted molar refractivity (Wildman–Crippen MR) is 281 cm³/mol. The van der Waals surface area contributed by atoms with Gasteiger partial charge in [-0.25, -0.2) is 19.3 Å². The van der Waals surface area contributed by atoms with E-state index in [2.05, 4.69) is 31.1 Å². The Morgan fingerprint density at radius 2 is 1.36 bits per heavy atom. The number of esters is 1. The van der Waals surface area contributed by atoms with E-state index >= 15 is 0 Å². The lowest BCUT2D eigenvalue weighted by atomic mass is 9.80. The average Bonchev–Trinajstić information content (AvgIpc) is 4.04. The minimum atomic E-state index is -1.39. The van der Waals surface area contributed by atoms with Crippen molar-refractivity contribution in [3.8, 4) is 0 Å². The Labute approximate surface area is 432 Å². The van der Waals surface area contributed by atoms with Crippen molar-refractivity contribution < 1.29 is 33.5 Å². The zero-order chi connectivity index (χ0) is 50.2. The van der Waals surface area contributed by atoms with E-state index < -0.39 is 52.6 Å². The molecule has 15 nitrogen and oxygen atoms in total. The summed E-state index contributed by atoms with van der Waals surface area (Å²) in [6.45, 7) is 5.23. The molecule has 2 N–H and O–H groups in total. The number of hydrogen-bond acceptors (Lipinski definition) is 15. The van der Waals surface area contributed by atoms with E-state index in [1.54, 1.807) is 44.1 Å². The third kappa shape index (κ3) is 11.0. The third-order valence-electron chi connectivity index (χ3n) is 11.3. The summed E-state index contributed by atoms with van der Waals surface area (Å²) in [7, 11) is 1.80. The number of thiazole rings is 1. The molecule has 0 aliphatic carbocycles. The quantitative estimate of drug-likeness (QED) is 0.0168. The second-order valence-corrected chi connectivity index (χ2v) is 21.7. The van der Waals surface area contributed by atoms with Gasteiger partial charge in [-0.15, -0.1) is 40.0 Å². The number of oxime groups is 1. The Hall–Kier alpha value is -7.19. The molecule has 9 rings (SSSR count). The summed E-state index contributed by atoms with van der Waals surface area (Å²) >= 11 is 5.38. The summed E-state index contributed by atoms with van der Waals surface area (Å²) in [6.07, 6.45) is 0.142. The molecule has 2 aliphatic rings. The molecule has 366 valence electrons. The lowest BCUT2D eigenvalue weighted by Crippen LogP contribution is -2.71. The van der Waals surface area contributed by atoms with E-state index in [1.165, 1.54) is 40.2 Å². The van der Waals surface area contributed by atoms with Crippen molar-refractivity contribution in [3.05, 3.63) is 207 Å². The Kier molecular flexibility index (Phi) is 15.3. The highest BCUT2D eigenvalue weighted by Crippen LogP contribution is 2.46. The Morgan fingerprint density at radius 3 is 1.89 bits per heavy atom. The highest BCUT2D eigenvalue weighted by atomic mass is 32.2. The number of benzene rings is 5. The maximum atomic E-state index is 15.0. The van der Waals surface area contributed by atoms with E-state index in [9.17, 15) is 19.2 Å². The van der Waals surface area contributed by atoms with Gasteiger partial charge in [0.05, 0.1) is 6.20 Å². The molecule has 72 heavy (non-hydrogen) atoms. The number of fused-ring (bicyclic) bond motifs is 1. The molecular formula is C53H48N8O7S4. The summed E-state index contributed by atoms with van der Waals surface area (Å²) in [6, 6.07) is 46.3. The third-order valence-corrected chi connectivity index (χ3v) is 15.9. The Bertz CT molecular complexity index is 2960. The first-order chi connectivity index (χ1) is 34.9. The van der Waals surface area contributed by atoms with E-state index in [0.717, 1.165) is 44.2 Å². The van der Waals surface area contributed by atoms with Crippen molar-refractivity contribution in [1.29, 1.82) is 0 Å². The molecule has 4 heterocycles. The number of hydrogen-bond donors (Lipinski definition) is 2. The maximum Gasteiger partial charge on any atom is 0.413 e. The highest BCUT2D eigenvalue weighted by Gasteiger charge is 2.55. The van der Waals surface area contributed by atoms with Crippen LogP contribution in [0.25, 0.3) is 0 Å². The first kappa shape index (κ1) is 49.8. The van der Waals surface area contributed by atoms with E-state index in [4.69, 9.17) is 14.3 Å². The maximum absolute atomic E-state index is 15.0. The first-order valence-corrected chi connectivity index (χ1v) is 26.6. The van der Waals surface area contributed by atoms with Crippen LogP contribution in [0.3, 0.4) is 0 Å². The fourth-order valence-corrected chi connectivity index (χ4v) is 12.4. The van der Waals surface area contributed by atoms with Crippen LogP contribution in [0, 0.1) is 0 Å². The van der Waals surface area contributed by atoms with Crippen LogP contribution in [0.4, 0.5) is 9.93 Å². The van der Waals surface area contributed by atoms with Crippen LogP contribution in [0.1, 0.15) is 60.4 Å². The van der Waals surface area contributed by atoms with Gasteiger partial charge in [0.15, 0.2) is 16.9 Å². The van der Waals surface area contributed by atoms with Gasteiger partial charge < -0.3 is 19.6 Å². The summed E-state index contributed by atoms with van der Waals surface area (Å²) in [5.41, 5.74) is 1.38. The number of aromatic nitrogens is 4. The van der Waals surface area contributed by atoms with Crippen molar-refractivity contribution in [2.45, 2.75) is 54.5 Å². The van der Waals surface area contributed by atoms with Crippen molar-refractivity contribution in [2.75, 3.05) is 16.2 Å². The topological polar surface area (TPSA) is 179 Å². The number of β-lactam (4-membered cyclic amide) rings is 1. The summed E-state index contributed by atoms with van der Waals surface area (Å²) in [5.74, 6) is -1.66. The summed E-state index contributed by atoms with van der Waals surface area (Å²) in [4.78, 5) is 70.7. The number of anilines is 1. The molecule has 0 spiro atoms. The number of thioether (sulfide) groups is 3. The number of nitrogens with one attached hydrogen (secondary N) is 2. The fraction of sp³-hybridized carbons (Fsp3) is 0.208. The Morgan fingerprint density at radius 1 is 0.806 bits per heavy atom. The number of carbonyl (C=O) groups is 4. The van der Waals surface area contributed by atoms with Crippen LogP contribution >= 0.6 is 46.6 Å². The van der Waals surface area contributed by atoms with Gasteiger partial charge in [-0.2, -0.15) is 0 Å². The second-order valence-electron chi connectivity index (χ2n) is 17.3. The Balaban J connectivity index is 1.06. The molecule has 0 radical (unpaired) electrons. The second kappa shape index (κ2) is 22.1. The zero-order valence-electron chi connectivity index (χ0n) is 39.4. The molecule has 1 fully saturated rings. The SMILES string of the molecule is Cn1nncc1SCSC1=C(C(=O)OC(c2ccccc2)c2ccccc2)N2C(=O)[C@@H](NC(=O)/C(=N\OC(c3ccccc3)(c3ccccc3)c3ccccc3)c3csc(NC(=O)OC(C)(C)C)n3)[C@H]2SC1. The molecule has 19 heteroatoms. The largest absolute Gasteiger partial charge is 0.448 e. The standard InChI is InChI=1S/C53H48N8O7S4/c1-52(2,3)67-51(65)57-50-55-39(31-70-50)42(58-68-53(36-24-14-7-15-25-36,37-26-16-8-17-27-37)38-28-18-9-19-29-38)46(62)56-43-47(63)61-44(40(32-69-48(43)61)71-33-72-41-30-54-59-60(41)4)49(64)66-45(34-20-10-5-11-21-34)35-22-12-6-13-23-35/h5-31,43,45,48H,32-33H2,1-4H3,(H,56,62)(H,55,57,65)/b58-42-/t43-,48-/m1/s1. The molecule has 2 atom stereocenters. The molecule has 7 aromatic rings. The highest BCUT2D eigenvalue weighted by molar-refractivity contribution is 8.18. The van der Waals surface area contributed by atoms with Crippen molar-refractivity contribution in [3.63, 3.8) is 0 Å². The minimum Gasteiger partial charge on any atom is -0.448 e. The molecule has 0 saturated carbocycles. The zero-order valence-corrected chi connectivity index (χ0v) is 42.7. The first-order valence-electron chi connectivity index (χ1n) is 22.7. The van der Waals surface area contributed by atoms with Gasteiger partial charge in [-0.05, 0) is 31.9 Å². The molecule has 5 aromatic carbocycles. The van der Waals surface area contributed by atoms with Crippen molar-refractivity contribution in [1.82, 2.24) is 30.2 Å². The normalized spacial score (nSPS) is 15.9. The van der Waals surface area contributed by atoms with Crippen LogP contribution < -0.4 is 10.6 Å². The van der Waals surface area contributed by atoms with Gasteiger partial charge in [0.2, 0.25) is 5.60 Å². The number of ether oxygens (including phenoxy) is 2. The lowest BCUT2D eigenvalue weighted by Gasteiger charge is -2.49. The monoisotopic (exact) mass is 1040 g/mol. The molecule has 2 aromatic heterocycles. The van der Waals surface area contributed by atoms with Gasteiger partial charge in [-0.1, -0.05) is 174 Å². The minimum absolute atomic E-state index is 0.0587. The van der Waals surface area contributed by atoms with Crippen LogP contribution in [-0.4, -0.2) is 82.3 Å². The van der Waals surface area contributed by atoms with Gasteiger partial charge in [0.25, 0.3) is 11.8 Å². The summed E-state index contributed by atoms with van der Waals surface area (Å²) < 4.78 is 13.5. The van der Waals surface area contributed by atoms with Crippen molar-refractivity contribution in [2.24, 2.45) is 12.2 Å². The van der Waals surface area contributed by atoms with E-state index in [1.807, 2.05) is 152 Å². The smallest absolute Gasteiger partial charge is 0.413 e. The van der Waals surface area contributed by atoms with Crippen LogP contribution in [-0.2, 0) is 41.3 Å². The molecule has 0 unspecified atom stereocenters. The van der Waals surface area contributed by atoms with Crippen LogP contribution in [0.2, 0.25) is 0 Å². The van der Waals surface area contributed by atoms with Gasteiger partial charge >= 0.3 is 12.1 Å². The number of nitrogens with zero attached hydrogens (tertiary/aromatic N) is 6. The molecule has 0 bridgehead atoms. The predicted octanol–water partition coefficient (Wildman–Crippen LogP) is 9.76. The average molecular weight is 1040 g/mol. The van der Waals surface area contributed by atoms with Crippen molar-refractivity contribution >= 4 is 81.3 Å². The van der Waals surface area contributed by atoms with Gasteiger partial charge in [0, 0.05) is 44.9 Å². The lowest BCUT2D eigenvalue weighted by molar-refractivity contribution is -0.154. The molecular weight excluding hydrogens is 989 g/mol. The number of carbonyl (C=O) groups excluding carboxylic acids is 4. The molecule has 3 amide bonds.